The van der Waals surface area contributed by atoms with E-state index >= 15 is 0 Å². The molecule has 1 N–H and O–H groups in total. The van der Waals surface area contributed by atoms with Gasteiger partial charge in [-0.15, -0.1) is 0 Å². The third-order valence-corrected chi connectivity index (χ3v) is 3.38. The summed E-state index contributed by atoms with van der Waals surface area (Å²) in [6.45, 7) is 2.05. The predicted molar refractivity (Wildman–Crippen MR) is 78.5 cm³/mol. The molecule has 0 atom stereocenters. The van der Waals surface area contributed by atoms with Crippen LogP contribution >= 0.6 is 0 Å². The van der Waals surface area contributed by atoms with Gasteiger partial charge in [-0.3, -0.25) is 4.79 Å². The summed E-state index contributed by atoms with van der Waals surface area (Å²) >= 11 is 0. The number of carbonyl (C=O) groups excluding carboxylic acids is 1. The van der Waals surface area contributed by atoms with Crippen molar-refractivity contribution in [2.24, 2.45) is 5.10 Å². The second-order valence-electron chi connectivity index (χ2n) is 4.90. The summed E-state index contributed by atoms with van der Waals surface area (Å²) in [7, 11) is 0. The molecule has 6 heteroatoms. The quantitative estimate of drug-likeness (QED) is 0.693. The van der Waals surface area contributed by atoms with Crippen LogP contribution in [0.3, 0.4) is 0 Å². The molecule has 0 unspecified atom stereocenters. The van der Waals surface area contributed by atoms with Gasteiger partial charge in [-0.05, 0) is 37.5 Å². The van der Waals surface area contributed by atoms with Crippen molar-refractivity contribution in [2.45, 2.75) is 19.3 Å². The van der Waals surface area contributed by atoms with Gasteiger partial charge in [0.25, 0.3) is 0 Å². The Morgan fingerprint density at radius 1 is 1.24 bits per heavy atom. The van der Waals surface area contributed by atoms with Gasteiger partial charge in [0, 0.05) is 19.2 Å². The molecule has 2 aromatic rings. The Balaban J connectivity index is 1.56. The number of amides is 1. The average molecular weight is 287 g/mol. The first-order valence-corrected chi connectivity index (χ1v) is 7.04. The molecule has 1 aliphatic rings. The van der Waals surface area contributed by atoms with E-state index in [1.165, 1.54) is 31.7 Å². The number of rotatable bonds is 4. The topological polar surface area (TPSA) is 71.0 Å². The summed E-state index contributed by atoms with van der Waals surface area (Å²) in [6, 6.07) is 7.00. The Morgan fingerprint density at radius 2 is 2.10 bits per heavy atom. The predicted octanol–water partition coefficient (Wildman–Crippen LogP) is 2.63. The van der Waals surface area contributed by atoms with Gasteiger partial charge in [0.05, 0.1) is 12.5 Å². The molecule has 1 saturated heterocycles. The van der Waals surface area contributed by atoms with Crippen molar-refractivity contribution in [3.63, 3.8) is 0 Å². The van der Waals surface area contributed by atoms with Gasteiger partial charge in [-0.2, -0.15) is 5.10 Å². The summed E-state index contributed by atoms with van der Waals surface area (Å²) in [5.74, 6) is 1.29. The van der Waals surface area contributed by atoms with E-state index in [4.69, 9.17) is 8.83 Å². The number of hydrazone groups is 1. The van der Waals surface area contributed by atoms with Gasteiger partial charge in [0.15, 0.2) is 11.6 Å². The van der Waals surface area contributed by atoms with Crippen molar-refractivity contribution < 1.29 is 13.6 Å². The number of nitrogens with zero attached hydrogens (tertiary/aromatic N) is 2. The van der Waals surface area contributed by atoms with Crippen molar-refractivity contribution in [2.75, 3.05) is 18.0 Å². The van der Waals surface area contributed by atoms with Gasteiger partial charge in [-0.25, -0.2) is 5.43 Å². The molecular weight excluding hydrogens is 270 g/mol. The fourth-order valence-corrected chi connectivity index (χ4v) is 2.31. The molecule has 0 bridgehead atoms. The van der Waals surface area contributed by atoms with Crippen molar-refractivity contribution in [3.05, 3.63) is 42.0 Å². The standard InChI is InChI=1S/C15H17N3O3/c19-15(13-5-4-10-20-13)17-16-11-12-6-7-14(21-12)18-8-2-1-3-9-18/h4-7,10-11H,1-3,8-9H2,(H,17,19)/b16-11+. The second-order valence-corrected chi connectivity index (χ2v) is 4.90. The monoisotopic (exact) mass is 287 g/mol. The van der Waals surface area contributed by atoms with Crippen LogP contribution in [0.15, 0.2) is 44.5 Å². The van der Waals surface area contributed by atoms with Crippen LogP contribution in [0.5, 0.6) is 0 Å². The van der Waals surface area contributed by atoms with E-state index in [1.807, 2.05) is 12.1 Å². The lowest BCUT2D eigenvalue weighted by molar-refractivity contribution is 0.0927. The molecule has 1 aliphatic heterocycles. The van der Waals surface area contributed by atoms with E-state index in [0.717, 1.165) is 19.0 Å². The lowest BCUT2D eigenvalue weighted by atomic mass is 10.1. The Bertz CT molecular complexity index is 610. The Labute approximate surface area is 122 Å². The summed E-state index contributed by atoms with van der Waals surface area (Å²) in [5, 5.41) is 3.86. The molecule has 6 nitrogen and oxygen atoms in total. The summed E-state index contributed by atoms with van der Waals surface area (Å²) in [5.41, 5.74) is 2.39. The number of nitrogens with one attached hydrogen (secondary N) is 1. The van der Waals surface area contributed by atoms with Crippen LogP contribution in [0.25, 0.3) is 0 Å². The number of piperidine rings is 1. The zero-order valence-electron chi connectivity index (χ0n) is 11.6. The smallest absolute Gasteiger partial charge is 0.307 e. The SMILES string of the molecule is O=C(N/N=C/c1ccc(N2CCCCC2)o1)c1ccco1. The second kappa shape index (κ2) is 6.30. The number of furan rings is 2. The zero-order chi connectivity index (χ0) is 14.5. The van der Waals surface area contributed by atoms with Gasteiger partial charge in [0.1, 0.15) is 5.76 Å². The third-order valence-electron chi connectivity index (χ3n) is 3.38. The van der Waals surface area contributed by atoms with Gasteiger partial charge < -0.3 is 13.7 Å². The maximum Gasteiger partial charge on any atom is 0.307 e. The summed E-state index contributed by atoms with van der Waals surface area (Å²) < 4.78 is 10.7. The Morgan fingerprint density at radius 3 is 2.86 bits per heavy atom. The fourth-order valence-electron chi connectivity index (χ4n) is 2.31. The van der Waals surface area contributed by atoms with E-state index < -0.39 is 0 Å². The molecule has 0 saturated carbocycles. The van der Waals surface area contributed by atoms with E-state index in [0.29, 0.717) is 5.76 Å². The van der Waals surface area contributed by atoms with E-state index in [9.17, 15) is 4.79 Å². The lowest BCUT2D eigenvalue weighted by Crippen LogP contribution is -2.28. The van der Waals surface area contributed by atoms with Crippen LogP contribution in [-0.2, 0) is 0 Å². The van der Waals surface area contributed by atoms with Gasteiger partial charge in [0.2, 0.25) is 0 Å². The average Bonchev–Trinajstić information content (AvgIpc) is 3.20. The van der Waals surface area contributed by atoms with Crippen LogP contribution in [0.1, 0.15) is 35.6 Å². The van der Waals surface area contributed by atoms with Crippen LogP contribution in [0.4, 0.5) is 5.88 Å². The molecule has 3 heterocycles. The number of anilines is 1. The van der Waals surface area contributed by atoms with E-state index in [1.54, 1.807) is 12.1 Å². The minimum atomic E-state index is -0.390. The zero-order valence-corrected chi connectivity index (χ0v) is 11.6. The normalized spacial score (nSPS) is 15.5. The molecule has 0 aliphatic carbocycles. The van der Waals surface area contributed by atoms with Crippen molar-refractivity contribution in [3.8, 4) is 0 Å². The first-order valence-electron chi connectivity index (χ1n) is 7.04. The van der Waals surface area contributed by atoms with Crippen LogP contribution in [0.2, 0.25) is 0 Å². The Hall–Kier alpha value is -2.50. The minimum absolute atomic E-state index is 0.223. The highest BCUT2D eigenvalue weighted by atomic mass is 16.4. The number of hydrogen-bond donors (Lipinski definition) is 1. The molecule has 110 valence electrons. The first-order chi connectivity index (χ1) is 10.3. The highest BCUT2D eigenvalue weighted by molar-refractivity contribution is 5.92. The fraction of sp³-hybridized carbons (Fsp3) is 0.333. The molecule has 0 aromatic carbocycles. The minimum Gasteiger partial charge on any atom is -0.459 e. The number of hydrogen-bond acceptors (Lipinski definition) is 5. The van der Waals surface area contributed by atoms with Gasteiger partial charge >= 0.3 is 5.91 Å². The van der Waals surface area contributed by atoms with Crippen LogP contribution in [0, 0.1) is 0 Å². The van der Waals surface area contributed by atoms with Gasteiger partial charge in [-0.1, -0.05) is 0 Å². The first kappa shape index (κ1) is 13.5. The van der Waals surface area contributed by atoms with Crippen LogP contribution < -0.4 is 10.3 Å². The molecule has 0 spiro atoms. The molecule has 3 rings (SSSR count). The van der Waals surface area contributed by atoms with Crippen molar-refractivity contribution >= 4 is 18.0 Å². The number of carbonyl (C=O) groups is 1. The molecule has 2 aromatic heterocycles. The molecular formula is C15H17N3O3. The van der Waals surface area contributed by atoms with E-state index in [-0.39, 0.29) is 11.7 Å². The maximum atomic E-state index is 11.6. The summed E-state index contributed by atoms with van der Waals surface area (Å²) in [6.07, 6.45) is 6.60. The largest absolute Gasteiger partial charge is 0.459 e. The highest BCUT2D eigenvalue weighted by Gasteiger charge is 2.13. The molecule has 1 fully saturated rings. The van der Waals surface area contributed by atoms with Crippen molar-refractivity contribution in [1.29, 1.82) is 0 Å². The maximum absolute atomic E-state index is 11.6. The van der Waals surface area contributed by atoms with E-state index in [2.05, 4.69) is 15.4 Å². The lowest BCUT2D eigenvalue weighted by Gasteiger charge is -2.25. The molecule has 21 heavy (non-hydrogen) atoms. The summed E-state index contributed by atoms with van der Waals surface area (Å²) in [4.78, 5) is 13.8. The molecule has 1 amide bonds. The van der Waals surface area contributed by atoms with Crippen molar-refractivity contribution in [1.82, 2.24) is 5.43 Å². The van der Waals surface area contributed by atoms with Crippen LogP contribution in [-0.4, -0.2) is 25.2 Å². The Kier molecular flexibility index (Phi) is 4.04. The third kappa shape index (κ3) is 3.34. The highest BCUT2D eigenvalue weighted by Crippen LogP contribution is 2.21. The molecule has 0 radical (unpaired) electrons.